The lowest BCUT2D eigenvalue weighted by atomic mass is 10.1. The first kappa shape index (κ1) is 12.7. The molecule has 18 heavy (non-hydrogen) atoms. The molecule has 1 aliphatic heterocycles. The van der Waals surface area contributed by atoms with Gasteiger partial charge in [-0.3, -0.25) is 0 Å². The van der Waals surface area contributed by atoms with Gasteiger partial charge in [0.1, 0.15) is 11.6 Å². The smallest absolute Gasteiger partial charge is 0.328 e. The minimum atomic E-state index is -0.874. The van der Waals surface area contributed by atoms with E-state index < -0.39 is 17.6 Å². The molecule has 1 heterocycles. The Kier molecular flexibility index (Phi) is 3.17. The summed E-state index contributed by atoms with van der Waals surface area (Å²) >= 11 is 0. The fourth-order valence-electron chi connectivity index (χ4n) is 1.69. The molecule has 1 unspecified atom stereocenters. The standard InChI is InChI=1S/C13H17NO4/c1-13(2,3)18-12(15)10(14)8-5-4-6-9-11(8)17-7-16-9/h4-6,10H,7,14H2,1-3H3. The number of benzene rings is 1. The molecule has 1 atom stereocenters. The molecule has 98 valence electrons. The highest BCUT2D eigenvalue weighted by atomic mass is 16.7. The van der Waals surface area contributed by atoms with Crippen LogP contribution in [0.5, 0.6) is 11.5 Å². The fourth-order valence-corrected chi connectivity index (χ4v) is 1.69. The zero-order chi connectivity index (χ0) is 13.3. The highest BCUT2D eigenvalue weighted by Gasteiger charge is 2.28. The minimum absolute atomic E-state index is 0.146. The Labute approximate surface area is 106 Å². The van der Waals surface area contributed by atoms with E-state index in [1.807, 2.05) is 0 Å². The van der Waals surface area contributed by atoms with Crippen molar-refractivity contribution in [3.8, 4) is 11.5 Å². The Morgan fingerprint density at radius 2 is 2.11 bits per heavy atom. The lowest BCUT2D eigenvalue weighted by Gasteiger charge is -2.22. The average Bonchev–Trinajstić information content (AvgIpc) is 2.73. The van der Waals surface area contributed by atoms with Gasteiger partial charge in [-0.1, -0.05) is 12.1 Å². The molecular formula is C13H17NO4. The molecule has 0 saturated heterocycles. The monoisotopic (exact) mass is 251 g/mol. The molecule has 0 fully saturated rings. The Morgan fingerprint density at radius 3 is 2.78 bits per heavy atom. The molecule has 5 nitrogen and oxygen atoms in total. The zero-order valence-electron chi connectivity index (χ0n) is 10.7. The number of hydrogen-bond acceptors (Lipinski definition) is 5. The van der Waals surface area contributed by atoms with Gasteiger partial charge in [0.05, 0.1) is 0 Å². The van der Waals surface area contributed by atoms with Crippen LogP contribution in [0.15, 0.2) is 18.2 Å². The predicted molar refractivity (Wildman–Crippen MR) is 65.3 cm³/mol. The van der Waals surface area contributed by atoms with E-state index >= 15 is 0 Å². The topological polar surface area (TPSA) is 70.8 Å². The van der Waals surface area contributed by atoms with Crippen LogP contribution in [0.1, 0.15) is 32.4 Å². The van der Waals surface area contributed by atoms with Crippen LogP contribution >= 0.6 is 0 Å². The van der Waals surface area contributed by atoms with Crippen LogP contribution in [0.3, 0.4) is 0 Å². The number of carbonyl (C=O) groups is 1. The molecule has 0 aromatic heterocycles. The fraction of sp³-hybridized carbons (Fsp3) is 0.462. The molecule has 0 saturated carbocycles. The second kappa shape index (κ2) is 4.49. The van der Waals surface area contributed by atoms with Gasteiger partial charge in [0.15, 0.2) is 11.5 Å². The van der Waals surface area contributed by atoms with Gasteiger partial charge < -0.3 is 19.9 Å². The molecular weight excluding hydrogens is 234 g/mol. The highest BCUT2D eigenvalue weighted by Crippen LogP contribution is 2.38. The third-order valence-electron chi connectivity index (χ3n) is 2.42. The van der Waals surface area contributed by atoms with E-state index in [0.717, 1.165) is 0 Å². The molecule has 5 heteroatoms. The van der Waals surface area contributed by atoms with E-state index in [-0.39, 0.29) is 6.79 Å². The van der Waals surface area contributed by atoms with Crippen molar-refractivity contribution >= 4 is 5.97 Å². The van der Waals surface area contributed by atoms with Crippen molar-refractivity contribution in [3.63, 3.8) is 0 Å². The largest absolute Gasteiger partial charge is 0.459 e. The summed E-state index contributed by atoms with van der Waals surface area (Å²) in [5.41, 5.74) is 5.93. The van der Waals surface area contributed by atoms with Crippen molar-refractivity contribution < 1.29 is 19.0 Å². The number of para-hydroxylation sites is 1. The van der Waals surface area contributed by atoms with Crippen molar-refractivity contribution in [2.45, 2.75) is 32.4 Å². The molecule has 0 radical (unpaired) electrons. The van der Waals surface area contributed by atoms with E-state index in [9.17, 15) is 4.79 Å². The highest BCUT2D eigenvalue weighted by molar-refractivity contribution is 5.79. The second-order valence-corrected chi connectivity index (χ2v) is 5.09. The van der Waals surface area contributed by atoms with Gasteiger partial charge in [0.25, 0.3) is 0 Å². The number of esters is 1. The van der Waals surface area contributed by atoms with Crippen molar-refractivity contribution in [2.24, 2.45) is 5.73 Å². The predicted octanol–water partition coefficient (Wildman–Crippen LogP) is 1.76. The third kappa shape index (κ3) is 2.56. The van der Waals surface area contributed by atoms with Gasteiger partial charge in [0, 0.05) is 5.56 Å². The number of fused-ring (bicyclic) bond motifs is 1. The summed E-state index contributed by atoms with van der Waals surface area (Å²) < 4.78 is 15.8. The van der Waals surface area contributed by atoms with Crippen LogP contribution in [-0.4, -0.2) is 18.4 Å². The zero-order valence-corrected chi connectivity index (χ0v) is 10.7. The Bertz CT molecular complexity index is 465. The maximum atomic E-state index is 11.9. The summed E-state index contributed by atoms with van der Waals surface area (Å²) in [7, 11) is 0. The van der Waals surface area contributed by atoms with Crippen LogP contribution in [0, 0.1) is 0 Å². The molecule has 0 amide bonds. The summed E-state index contributed by atoms with van der Waals surface area (Å²) in [5.74, 6) is 0.647. The van der Waals surface area contributed by atoms with Crippen LogP contribution in [0.4, 0.5) is 0 Å². The molecule has 2 rings (SSSR count). The first-order valence-electron chi connectivity index (χ1n) is 5.75. The minimum Gasteiger partial charge on any atom is -0.459 e. The van der Waals surface area contributed by atoms with Gasteiger partial charge in [-0.25, -0.2) is 4.79 Å². The Morgan fingerprint density at radius 1 is 1.39 bits per heavy atom. The maximum Gasteiger partial charge on any atom is 0.328 e. The molecule has 1 aromatic rings. The van der Waals surface area contributed by atoms with E-state index in [4.69, 9.17) is 19.9 Å². The van der Waals surface area contributed by atoms with Crippen molar-refractivity contribution in [2.75, 3.05) is 6.79 Å². The number of hydrogen-bond donors (Lipinski definition) is 1. The van der Waals surface area contributed by atoms with Crippen LogP contribution in [0.25, 0.3) is 0 Å². The number of carbonyl (C=O) groups excluding carboxylic acids is 1. The Hall–Kier alpha value is -1.75. The SMILES string of the molecule is CC(C)(C)OC(=O)C(N)c1cccc2c1OCO2. The van der Waals surface area contributed by atoms with Gasteiger partial charge in [-0.2, -0.15) is 0 Å². The summed E-state index contributed by atoms with van der Waals surface area (Å²) in [5, 5.41) is 0. The normalized spacial score (nSPS) is 15.3. The summed E-state index contributed by atoms with van der Waals surface area (Å²) in [6.45, 7) is 5.54. The molecule has 2 N–H and O–H groups in total. The van der Waals surface area contributed by atoms with E-state index in [2.05, 4.69) is 0 Å². The van der Waals surface area contributed by atoms with Crippen molar-refractivity contribution in [1.29, 1.82) is 0 Å². The lowest BCUT2D eigenvalue weighted by molar-refractivity contribution is -0.156. The molecule has 0 spiro atoms. The first-order chi connectivity index (χ1) is 8.38. The first-order valence-corrected chi connectivity index (χ1v) is 5.75. The quantitative estimate of drug-likeness (QED) is 0.811. The number of ether oxygens (including phenoxy) is 3. The van der Waals surface area contributed by atoms with Gasteiger partial charge in [0.2, 0.25) is 6.79 Å². The summed E-state index contributed by atoms with van der Waals surface area (Å²) in [4.78, 5) is 11.9. The van der Waals surface area contributed by atoms with Crippen molar-refractivity contribution in [1.82, 2.24) is 0 Å². The van der Waals surface area contributed by atoms with Gasteiger partial charge in [-0.15, -0.1) is 0 Å². The summed E-state index contributed by atoms with van der Waals surface area (Å²) in [6.07, 6.45) is 0. The van der Waals surface area contributed by atoms with Crippen LogP contribution < -0.4 is 15.2 Å². The van der Waals surface area contributed by atoms with E-state index in [1.165, 1.54) is 0 Å². The average molecular weight is 251 g/mol. The van der Waals surface area contributed by atoms with E-state index in [0.29, 0.717) is 17.1 Å². The number of nitrogens with two attached hydrogens (primary N) is 1. The molecule has 1 aromatic carbocycles. The molecule has 0 aliphatic carbocycles. The van der Waals surface area contributed by atoms with Gasteiger partial charge >= 0.3 is 5.97 Å². The third-order valence-corrected chi connectivity index (χ3v) is 2.42. The molecule has 0 bridgehead atoms. The van der Waals surface area contributed by atoms with Crippen molar-refractivity contribution in [3.05, 3.63) is 23.8 Å². The number of rotatable bonds is 2. The van der Waals surface area contributed by atoms with E-state index in [1.54, 1.807) is 39.0 Å². The molecule has 1 aliphatic rings. The summed E-state index contributed by atoms with van der Waals surface area (Å²) in [6, 6.07) is 4.41. The van der Waals surface area contributed by atoms with Gasteiger partial charge in [-0.05, 0) is 26.8 Å². The Balaban J connectivity index is 2.22. The maximum absolute atomic E-state index is 11.9. The second-order valence-electron chi connectivity index (χ2n) is 5.09. The lowest BCUT2D eigenvalue weighted by Crippen LogP contribution is -2.31. The van der Waals surface area contributed by atoms with Crippen LogP contribution in [0.2, 0.25) is 0 Å². The van der Waals surface area contributed by atoms with Crippen LogP contribution in [-0.2, 0) is 9.53 Å².